The van der Waals surface area contributed by atoms with Gasteiger partial charge in [-0.25, -0.2) is 0 Å². The molecule has 1 amide bonds. The second-order valence-corrected chi connectivity index (χ2v) is 7.61. The van der Waals surface area contributed by atoms with Crippen LogP contribution in [-0.2, 0) is 11.3 Å². The number of amides is 1. The lowest BCUT2D eigenvalue weighted by molar-refractivity contribution is -0.126. The number of nitrogens with one attached hydrogen (secondary N) is 1. The van der Waals surface area contributed by atoms with Crippen molar-refractivity contribution in [3.8, 4) is 0 Å². The Labute approximate surface area is 142 Å². The van der Waals surface area contributed by atoms with Gasteiger partial charge in [0.1, 0.15) is 0 Å². The second-order valence-electron chi connectivity index (χ2n) is 6.29. The predicted molar refractivity (Wildman–Crippen MR) is 95.5 cm³/mol. The Balaban J connectivity index is 1.61. The fourth-order valence-corrected chi connectivity index (χ4v) is 4.08. The van der Waals surface area contributed by atoms with E-state index in [2.05, 4.69) is 60.5 Å². The van der Waals surface area contributed by atoms with Crippen molar-refractivity contribution in [2.45, 2.75) is 45.3 Å². The molecule has 0 spiro atoms. The molecule has 2 atom stereocenters. The Morgan fingerprint density at radius 1 is 1.30 bits per heavy atom. The molecule has 2 heterocycles. The van der Waals surface area contributed by atoms with Crippen molar-refractivity contribution in [3.63, 3.8) is 0 Å². The summed E-state index contributed by atoms with van der Waals surface area (Å²) in [5.74, 6) is 0.164. The van der Waals surface area contributed by atoms with Gasteiger partial charge < -0.3 is 5.32 Å². The van der Waals surface area contributed by atoms with Crippen LogP contribution in [0.1, 0.15) is 41.1 Å². The lowest BCUT2D eigenvalue weighted by Gasteiger charge is -2.25. The Morgan fingerprint density at radius 2 is 2.09 bits per heavy atom. The number of hydrogen-bond donors (Lipinski definition) is 1. The van der Waals surface area contributed by atoms with E-state index in [1.54, 1.807) is 11.3 Å². The van der Waals surface area contributed by atoms with Crippen LogP contribution < -0.4 is 5.32 Å². The van der Waals surface area contributed by atoms with E-state index >= 15 is 0 Å². The number of aryl methyl sites for hydroxylation is 1. The van der Waals surface area contributed by atoms with E-state index < -0.39 is 0 Å². The minimum Gasteiger partial charge on any atom is -0.347 e. The molecule has 0 saturated carbocycles. The van der Waals surface area contributed by atoms with Crippen molar-refractivity contribution >= 4 is 17.2 Å². The average molecular weight is 328 g/mol. The van der Waals surface area contributed by atoms with Gasteiger partial charge in [-0.15, -0.1) is 11.3 Å². The highest BCUT2D eigenvalue weighted by molar-refractivity contribution is 7.12. The summed E-state index contributed by atoms with van der Waals surface area (Å²) >= 11 is 1.76. The quantitative estimate of drug-likeness (QED) is 0.903. The van der Waals surface area contributed by atoms with E-state index in [4.69, 9.17) is 0 Å². The third kappa shape index (κ3) is 4.01. The zero-order valence-electron chi connectivity index (χ0n) is 13.8. The Hall–Kier alpha value is -1.65. The molecule has 122 valence electrons. The summed E-state index contributed by atoms with van der Waals surface area (Å²) in [6.07, 6.45) is 2.05. The Kier molecular flexibility index (Phi) is 5.13. The molecule has 1 aliphatic heterocycles. The molecular weight excluding hydrogens is 304 g/mol. The number of rotatable bonds is 5. The highest BCUT2D eigenvalue weighted by Gasteiger charge is 2.31. The molecule has 1 aromatic heterocycles. The van der Waals surface area contributed by atoms with Crippen molar-refractivity contribution in [1.29, 1.82) is 0 Å². The van der Waals surface area contributed by atoms with Crippen LogP contribution in [0.5, 0.6) is 0 Å². The van der Waals surface area contributed by atoms with E-state index in [0.717, 1.165) is 25.9 Å². The third-order valence-electron chi connectivity index (χ3n) is 4.44. The maximum atomic E-state index is 12.7. The highest BCUT2D eigenvalue weighted by atomic mass is 32.1. The van der Waals surface area contributed by atoms with Gasteiger partial charge in [0.25, 0.3) is 0 Å². The summed E-state index contributed by atoms with van der Waals surface area (Å²) in [7, 11) is 0. The molecule has 2 aromatic rings. The van der Waals surface area contributed by atoms with E-state index in [1.807, 2.05) is 6.07 Å². The topological polar surface area (TPSA) is 32.3 Å². The number of thiophene rings is 1. The number of hydrogen-bond acceptors (Lipinski definition) is 3. The number of benzene rings is 1. The van der Waals surface area contributed by atoms with Crippen molar-refractivity contribution in [2.24, 2.45) is 0 Å². The molecule has 0 radical (unpaired) electrons. The van der Waals surface area contributed by atoms with Crippen LogP contribution in [0, 0.1) is 6.92 Å². The van der Waals surface area contributed by atoms with Gasteiger partial charge in [-0.1, -0.05) is 30.3 Å². The zero-order chi connectivity index (χ0) is 16.2. The first-order valence-corrected chi connectivity index (χ1v) is 9.10. The summed E-state index contributed by atoms with van der Waals surface area (Å²) < 4.78 is 0. The molecule has 3 rings (SSSR count). The van der Waals surface area contributed by atoms with Crippen LogP contribution in [0.2, 0.25) is 0 Å². The molecule has 1 N–H and O–H groups in total. The maximum Gasteiger partial charge on any atom is 0.237 e. The van der Waals surface area contributed by atoms with Crippen LogP contribution in [0.25, 0.3) is 0 Å². The van der Waals surface area contributed by atoms with Gasteiger partial charge in [0.15, 0.2) is 0 Å². The molecule has 1 fully saturated rings. The summed E-state index contributed by atoms with van der Waals surface area (Å²) in [4.78, 5) is 17.5. The summed E-state index contributed by atoms with van der Waals surface area (Å²) in [6.45, 7) is 6.02. The third-order valence-corrected chi connectivity index (χ3v) is 5.62. The SMILES string of the molecule is Cc1ccc(C(C)NC(=O)C2CCCN2Cc2ccccc2)s1. The fraction of sp³-hybridized carbons (Fsp3) is 0.421. The van der Waals surface area contributed by atoms with Crippen LogP contribution in [0.15, 0.2) is 42.5 Å². The minimum absolute atomic E-state index is 0.00119. The molecule has 1 aliphatic rings. The molecule has 1 aromatic carbocycles. The number of nitrogens with zero attached hydrogens (tertiary/aromatic N) is 1. The first-order chi connectivity index (χ1) is 11.1. The standard InChI is InChI=1S/C19H24N2OS/c1-14-10-11-18(23-14)15(2)20-19(22)17-9-6-12-21(17)13-16-7-4-3-5-8-16/h3-5,7-8,10-11,15,17H,6,9,12-13H2,1-2H3,(H,20,22). The van der Waals surface area contributed by atoms with Gasteiger partial charge in [0, 0.05) is 16.3 Å². The van der Waals surface area contributed by atoms with Gasteiger partial charge in [-0.3, -0.25) is 9.69 Å². The zero-order valence-corrected chi connectivity index (χ0v) is 14.6. The molecule has 3 nitrogen and oxygen atoms in total. The van der Waals surface area contributed by atoms with Crippen LogP contribution in [0.4, 0.5) is 0 Å². The Morgan fingerprint density at radius 3 is 2.78 bits per heavy atom. The number of carbonyl (C=O) groups excluding carboxylic acids is 1. The van der Waals surface area contributed by atoms with Gasteiger partial charge in [-0.05, 0) is 50.9 Å². The molecule has 23 heavy (non-hydrogen) atoms. The fourth-order valence-electron chi connectivity index (χ4n) is 3.20. The number of likely N-dealkylation sites (tertiary alicyclic amines) is 1. The second kappa shape index (κ2) is 7.28. The molecule has 4 heteroatoms. The molecular formula is C19H24N2OS. The largest absolute Gasteiger partial charge is 0.347 e. The number of carbonyl (C=O) groups is 1. The van der Waals surface area contributed by atoms with Crippen LogP contribution in [0.3, 0.4) is 0 Å². The van der Waals surface area contributed by atoms with Gasteiger partial charge in [0.05, 0.1) is 12.1 Å². The van der Waals surface area contributed by atoms with Crippen molar-refractivity contribution < 1.29 is 4.79 Å². The molecule has 2 unspecified atom stereocenters. The lowest BCUT2D eigenvalue weighted by atomic mass is 10.1. The van der Waals surface area contributed by atoms with Gasteiger partial charge in [-0.2, -0.15) is 0 Å². The lowest BCUT2D eigenvalue weighted by Crippen LogP contribution is -2.43. The monoisotopic (exact) mass is 328 g/mol. The first-order valence-electron chi connectivity index (χ1n) is 8.28. The van der Waals surface area contributed by atoms with E-state index in [9.17, 15) is 4.79 Å². The summed E-state index contributed by atoms with van der Waals surface area (Å²) in [5, 5.41) is 3.20. The molecule has 0 aliphatic carbocycles. The van der Waals surface area contributed by atoms with Crippen LogP contribution in [-0.4, -0.2) is 23.4 Å². The minimum atomic E-state index is -0.00119. The smallest absolute Gasteiger partial charge is 0.237 e. The van der Waals surface area contributed by atoms with E-state index in [0.29, 0.717) is 0 Å². The highest BCUT2D eigenvalue weighted by Crippen LogP contribution is 2.24. The molecule has 1 saturated heterocycles. The van der Waals surface area contributed by atoms with E-state index in [1.165, 1.54) is 15.3 Å². The van der Waals surface area contributed by atoms with E-state index in [-0.39, 0.29) is 18.0 Å². The summed E-state index contributed by atoms with van der Waals surface area (Å²) in [5.41, 5.74) is 1.27. The van der Waals surface area contributed by atoms with Gasteiger partial charge >= 0.3 is 0 Å². The molecule has 0 bridgehead atoms. The summed E-state index contributed by atoms with van der Waals surface area (Å²) in [6, 6.07) is 14.7. The van der Waals surface area contributed by atoms with Crippen molar-refractivity contribution in [2.75, 3.05) is 6.54 Å². The average Bonchev–Trinajstić information content (AvgIpc) is 3.17. The maximum absolute atomic E-state index is 12.7. The predicted octanol–water partition coefficient (Wildman–Crippen LogP) is 3.90. The van der Waals surface area contributed by atoms with Crippen molar-refractivity contribution in [1.82, 2.24) is 10.2 Å². The van der Waals surface area contributed by atoms with Gasteiger partial charge in [0.2, 0.25) is 5.91 Å². The Bertz CT molecular complexity index is 652. The first kappa shape index (κ1) is 16.2. The van der Waals surface area contributed by atoms with Crippen molar-refractivity contribution in [3.05, 3.63) is 57.8 Å². The van der Waals surface area contributed by atoms with Crippen LogP contribution >= 0.6 is 11.3 Å². The normalized spacial score (nSPS) is 19.7.